The molecule has 7 heteroatoms. The maximum atomic E-state index is 13.7. The quantitative estimate of drug-likeness (QED) is 0.471. The Balaban J connectivity index is 1.20. The van der Waals surface area contributed by atoms with Crippen molar-refractivity contribution in [2.45, 2.75) is 57.7 Å². The van der Waals surface area contributed by atoms with E-state index in [4.69, 9.17) is 4.98 Å². The van der Waals surface area contributed by atoms with Crippen molar-refractivity contribution >= 4 is 28.4 Å². The molecule has 0 saturated carbocycles. The Kier molecular flexibility index (Phi) is 6.37. The van der Waals surface area contributed by atoms with Gasteiger partial charge in [0.05, 0.1) is 11.6 Å². The number of nitrogens with one attached hydrogen (secondary N) is 3. The van der Waals surface area contributed by atoms with Gasteiger partial charge in [-0.15, -0.1) is 0 Å². The highest BCUT2D eigenvalue weighted by Gasteiger charge is 2.24. The number of halogens is 1. The Morgan fingerprint density at radius 2 is 1.88 bits per heavy atom. The van der Waals surface area contributed by atoms with Gasteiger partial charge in [-0.25, -0.2) is 14.2 Å². The third-order valence-corrected chi connectivity index (χ3v) is 7.05. The van der Waals surface area contributed by atoms with Crippen LogP contribution in [-0.4, -0.2) is 41.1 Å². The number of rotatable bonds is 5. The van der Waals surface area contributed by atoms with Crippen molar-refractivity contribution in [1.29, 1.82) is 0 Å². The number of likely N-dealkylation sites (tertiary alicyclic amines) is 1. The van der Waals surface area contributed by atoms with Crippen molar-refractivity contribution in [2.75, 3.05) is 23.7 Å². The van der Waals surface area contributed by atoms with Crippen molar-refractivity contribution < 1.29 is 9.18 Å². The van der Waals surface area contributed by atoms with Gasteiger partial charge in [-0.05, 0) is 93.1 Å². The standard InChI is InChI=1S/C27H32FN5O/c1-17(2)33-13-11-21(12-14-33)29-27(34)30-22-7-9-24-19(15-22)5-10-26(31-24)32-25-8-4-18-3-6-20(28)16-23(18)25/h3,5-7,9-10,15-17,21,25H,4,8,11-14H2,1-2H3,(H,31,32)(H2,29,30,34). The number of nitrogens with zero attached hydrogens (tertiary/aromatic N) is 2. The van der Waals surface area contributed by atoms with Crippen LogP contribution in [-0.2, 0) is 6.42 Å². The molecule has 2 amide bonds. The predicted molar refractivity (Wildman–Crippen MR) is 135 cm³/mol. The van der Waals surface area contributed by atoms with Crippen LogP contribution in [0.25, 0.3) is 10.9 Å². The highest BCUT2D eigenvalue weighted by atomic mass is 19.1. The van der Waals surface area contributed by atoms with E-state index in [9.17, 15) is 9.18 Å². The number of anilines is 2. The number of urea groups is 1. The van der Waals surface area contributed by atoms with Crippen LogP contribution in [0, 0.1) is 5.82 Å². The lowest BCUT2D eigenvalue weighted by atomic mass is 10.0. The molecule has 1 atom stereocenters. The Labute approximate surface area is 199 Å². The maximum Gasteiger partial charge on any atom is 0.319 e. The topological polar surface area (TPSA) is 69.3 Å². The number of fused-ring (bicyclic) bond motifs is 2. The summed E-state index contributed by atoms with van der Waals surface area (Å²) < 4.78 is 13.7. The lowest BCUT2D eigenvalue weighted by Gasteiger charge is -2.34. The number of aromatic nitrogens is 1. The zero-order chi connectivity index (χ0) is 23.7. The van der Waals surface area contributed by atoms with Gasteiger partial charge in [0.15, 0.2) is 0 Å². The van der Waals surface area contributed by atoms with Crippen molar-refractivity contribution in [3.05, 3.63) is 65.5 Å². The molecule has 1 saturated heterocycles. The Bertz CT molecular complexity index is 1190. The molecule has 34 heavy (non-hydrogen) atoms. The van der Waals surface area contributed by atoms with Gasteiger partial charge in [-0.2, -0.15) is 0 Å². The van der Waals surface area contributed by atoms with Crippen molar-refractivity contribution in [1.82, 2.24) is 15.2 Å². The minimum absolute atomic E-state index is 0.0627. The minimum Gasteiger partial charge on any atom is -0.363 e. The first-order valence-electron chi connectivity index (χ1n) is 12.2. The maximum absolute atomic E-state index is 13.7. The second-order valence-corrected chi connectivity index (χ2v) is 9.69. The highest BCUT2D eigenvalue weighted by Crippen LogP contribution is 2.34. The average Bonchev–Trinajstić information content (AvgIpc) is 3.21. The molecule has 3 aromatic rings. The fourth-order valence-corrected chi connectivity index (χ4v) is 5.10. The summed E-state index contributed by atoms with van der Waals surface area (Å²) in [5.74, 6) is 0.560. The summed E-state index contributed by atoms with van der Waals surface area (Å²) in [6, 6.07) is 15.3. The fourth-order valence-electron chi connectivity index (χ4n) is 5.10. The van der Waals surface area contributed by atoms with Crippen LogP contribution >= 0.6 is 0 Å². The van der Waals surface area contributed by atoms with Gasteiger partial charge in [0, 0.05) is 36.2 Å². The lowest BCUT2D eigenvalue weighted by Crippen LogP contribution is -2.47. The summed E-state index contributed by atoms with van der Waals surface area (Å²) >= 11 is 0. The zero-order valence-electron chi connectivity index (χ0n) is 19.8. The van der Waals surface area contributed by atoms with Crippen LogP contribution in [0.5, 0.6) is 0 Å². The van der Waals surface area contributed by atoms with E-state index in [1.54, 1.807) is 6.07 Å². The number of piperidine rings is 1. The summed E-state index contributed by atoms with van der Waals surface area (Å²) in [7, 11) is 0. The van der Waals surface area contributed by atoms with Crippen LogP contribution in [0.3, 0.4) is 0 Å². The van der Waals surface area contributed by atoms with E-state index in [-0.39, 0.29) is 23.9 Å². The fraction of sp³-hybridized carbons (Fsp3) is 0.407. The summed E-state index contributed by atoms with van der Waals surface area (Å²) in [6.07, 6.45) is 3.81. The summed E-state index contributed by atoms with van der Waals surface area (Å²) in [5.41, 5.74) is 3.79. The molecule has 2 aliphatic rings. The van der Waals surface area contributed by atoms with E-state index < -0.39 is 0 Å². The third-order valence-electron chi connectivity index (χ3n) is 7.05. The molecule has 2 heterocycles. The molecule has 1 fully saturated rings. The van der Waals surface area contributed by atoms with Gasteiger partial charge < -0.3 is 20.9 Å². The van der Waals surface area contributed by atoms with Crippen LogP contribution in [0.1, 0.15) is 50.3 Å². The molecular formula is C27H32FN5O. The first-order chi connectivity index (χ1) is 16.4. The summed E-state index contributed by atoms with van der Waals surface area (Å²) in [4.78, 5) is 19.7. The van der Waals surface area contributed by atoms with Crippen LogP contribution < -0.4 is 16.0 Å². The van der Waals surface area contributed by atoms with Crippen LogP contribution in [0.4, 0.5) is 20.7 Å². The highest BCUT2D eigenvalue weighted by molar-refractivity contribution is 5.93. The molecule has 2 aromatic carbocycles. The van der Waals surface area contributed by atoms with Gasteiger partial charge in [-0.1, -0.05) is 6.07 Å². The number of benzene rings is 2. The molecular weight excluding hydrogens is 429 g/mol. The normalized spacial score (nSPS) is 18.8. The van der Waals surface area contributed by atoms with Gasteiger partial charge in [-0.3, -0.25) is 0 Å². The Hall–Kier alpha value is -3.19. The predicted octanol–water partition coefficient (Wildman–Crippen LogP) is 5.47. The molecule has 1 unspecified atom stereocenters. The monoisotopic (exact) mass is 461 g/mol. The van der Waals surface area contributed by atoms with Gasteiger partial charge in [0.25, 0.3) is 0 Å². The van der Waals surface area contributed by atoms with Crippen molar-refractivity contribution in [3.63, 3.8) is 0 Å². The van der Waals surface area contributed by atoms with E-state index in [1.165, 1.54) is 11.6 Å². The van der Waals surface area contributed by atoms with Crippen molar-refractivity contribution in [3.8, 4) is 0 Å². The minimum atomic E-state index is -0.205. The molecule has 0 spiro atoms. The smallest absolute Gasteiger partial charge is 0.319 e. The lowest BCUT2D eigenvalue weighted by molar-refractivity contribution is 0.163. The zero-order valence-corrected chi connectivity index (χ0v) is 19.8. The number of hydrogen-bond acceptors (Lipinski definition) is 4. The molecule has 0 bridgehead atoms. The first kappa shape index (κ1) is 22.6. The molecule has 1 aliphatic heterocycles. The number of hydrogen-bond donors (Lipinski definition) is 3. The van der Waals surface area contributed by atoms with E-state index in [0.717, 1.165) is 66.7 Å². The van der Waals surface area contributed by atoms with E-state index in [1.807, 2.05) is 36.4 Å². The number of carbonyl (C=O) groups is 1. The van der Waals surface area contributed by atoms with Gasteiger partial charge in [0.2, 0.25) is 0 Å². The van der Waals surface area contributed by atoms with Crippen molar-refractivity contribution in [2.24, 2.45) is 0 Å². The molecule has 178 valence electrons. The second-order valence-electron chi connectivity index (χ2n) is 9.69. The largest absolute Gasteiger partial charge is 0.363 e. The van der Waals surface area contributed by atoms with E-state index in [2.05, 4.69) is 34.7 Å². The second kappa shape index (κ2) is 9.58. The van der Waals surface area contributed by atoms with Gasteiger partial charge in [0.1, 0.15) is 11.6 Å². The SMILES string of the molecule is CC(C)N1CCC(NC(=O)Nc2ccc3nc(NC4CCc5ccc(F)cc54)ccc3c2)CC1. The van der Waals surface area contributed by atoms with Crippen LogP contribution in [0.15, 0.2) is 48.5 Å². The molecule has 3 N–H and O–H groups in total. The van der Waals surface area contributed by atoms with Gasteiger partial charge >= 0.3 is 6.03 Å². The molecule has 5 rings (SSSR count). The van der Waals surface area contributed by atoms with E-state index in [0.29, 0.717) is 6.04 Å². The molecule has 0 radical (unpaired) electrons. The number of carbonyl (C=O) groups excluding carboxylic acids is 1. The summed E-state index contributed by atoms with van der Waals surface area (Å²) in [5, 5.41) is 10.5. The number of pyridine rings is 1. The molecule has 1 aromatic heterocycles. The Morgan fingerprint density at radius 1 is 1.06 bits per heavy atom. The Morgan fingerprint density at radius 3 is 2.68 bits per heavy atom. The third kappa shape index (κ3) is 4.99. The summed E-state index contributed by atoms with van der Waals surface area (Å²) in [6.45, 7) is 6.45. The molecule has 6 nitrogen and oxygen atoms in total. The first-order valence-corrected chi connectivity index (χ1v) is 12.2. The number of aryl methyl sites for hydroxylation is 1. The van der Waals surface area contributed by atoms with E-state index >= 15 is 0 Å². The molecule has 1 aliphatic carbocycles. The average molecular weight is 462 g/mol. The van der Waals surface area contributed by atoms with Crippen LogP contribution in [0.2, 0.25) is 0 Å². The number of amides is 2.